The van der Waals surface area contributed by atoms with Crippen LogP contribution in [0.3, 0.4) is 0 Å². The van der Waals surface area contributed by atoms with Gasteiger partial charge in [-0.1, -0.05) is 13.8 Å². The molecular weight excluding hydrogens is 178 g/mol. The van der Waals surface area contributed by atoms with Crippen molar-refractivity contribution in [3.05, 3.63) is 0 Å². The fraction of sp³-hybridized carbons (Fsp3) is 0.900. The maximum Gasteiger partial charge on any atom is 0.219 e. The number of likely N-dealkylation sites (N-methyl/N-ethyl adjacent to an activating group) is 1. The van der Waals surface area contributed by atoms with E-state index in [1.54, 1.807) is 0 Å². The van der Waals surface area contributed by atoms with Crippen molar-refractivity contribution in [1.82, 2.24) is 4.90 Å². The summed E-state index contributed by atoms with van der Waals surface area (Å²) in [6.07, 6.45) is 0.337. The molecule has 14 heavy (non-hydrogen) atoms. The van der Waals surface area contributed by atoms with Gasteiger partial charge in [0.25, 0.3) is 0 Å². The summed E-state index contributed by atoms with van der Waals surface area (Å²) in [6, 6.07) is 0.466. The number of nitrogens with zero attached hydrogens (tertiary/aromatic N) is 1. The van der Waals surface area contributed by atoms with E-state index in [0.29, 0.717) is 24.9 Å². The average molecular weight is 201 g/mol. The van der Waals surface area contributed by atoms with Crippen molar-refractivity contribution in [2.45, 2.75) is 39.3 Å². The minimum atomic E-state index is -0.289. The van der Waals surface area contributed by atoms with Gasteiger partial charge in [0.2, 0.25) is 5.91 Å². The average Bonchev–Trinajstić information content (AvgIpc) is 2.11. The van der Waals surface area contributed by atoms with Crippen LogP contribution in [-0.2, 0) is 4.79 Å². The number of carbonyl (C=O) groups is 1. The molecule has 0 saturated carbocycles. The zero-order valence-corrected chi connectivity index (χ0v) is 9.66. The minimum absolute atomic E-state index is 0.0601. The second-order valence-electron chi connectivity index (χ2n) is 4.21. The fourth-order valence-electron chi connectivity index (χ4n) is 1.43. The van der Waals surface area contributed by atoms with Crippen molar-refractivity contribution in [2.24, 2.45) is 17.4 Å². The van der Waals surface area contributed by atoms with E-state index >= 15 is 0 Å². The van der Waals surface area contributed by atoms with E-state index < -0.39 is 0 Å². The minimum Gasteiger partial charge on any atom is -0.370 e. The zero-order valence-electron chi connectivity index (χ0n) is 9.66. The van der Waals surface area contributed by atoms with E-state index in [1.807, 2.05) is 7.05 Å². The van der Waals surface area contributed by atoms with Gasteiger partial charge in [-0.3, -0.25) is 9.69 Å². The molecule has 0 aliphatic heterocycles. The SMILES string of the molecule is CC(C)C(C)N(C)C(CN)CC(N)=O. The Bertz CT molecular complexity index is 182. The van der Waals surface area contributed by atoms with Crippen molar-refractivity contribution >= 4 is 5.91 Å². The summed E-state index contributed by atoms with van der Waals surface area (Å²) in [5.74, 6) is 0.255. The predicted octanol–water partition coefficient (Wildman–Crippen LogP) is 0.165. The lowest BCUT2D eigenvalue weighted by Crippen LogP contribution is -2.46. The van der Waals surface area contributed by atoms with Gasteiger partial charge < -0.3 is 11.5 Å². The van der Waals surface area contributed by atoms with Crippen LogP contribution in [0, 0.1) is 5.92 Å². The number of carbonyl (C=O) groups excluding carboxylic acids is 1. The molecule has 0 rings (SSSR count). The molecule has 0 aliphatic carbocycles. The van der Waals surface area contributed by atoms with Gasteiger partial charge in [-0.25, -0.2) is 0 Å². The second kappa shape index (κ2) is 5.98. The van der Waals surface area contributed by atoms with Gasteiger partial charge in [0, 0.05) is 25.0 Å². The van der Waals surface area contributed by atoms with E-state index in [-0.39, 0.29) is 11.9 Å². The van der Waals surface area contributed by atoms with Crippen LogP contribution in [0.5, 0.6) is 0 Å². The first-order valence-electron chi connectivity index (χ1n) is 5.10. The van der Waals surface area contributed by atoms with Crippen LogP contribution >= 0.6 is 0 Å². The molecule has 4 nitrogen and oxygen atoms in total. The van der Waals surface area contributed by atoms with Crippen LogP contribution in [0.4, 0.5) is 0 Å². The van der Waals surface area contributed by atoms with Crippen LogP contribution in [0.15, 0.2) is 0 Å². The molecule has 0 aromatic heterocycles. The molecule has 4 heteroatoms. The molecular formula is C10H23N3O. The number of hydrogen-bond donors (Lipinski definition) is 2. The summed E-state index contributed by atoms with van der Waals surface area (Å²) < 4.78 is 0. The molecule has 2 unspecified atom stereocenters. The molecule has 0 aliphatic rings. The third-order valence-electron chi connectivity index (χ3n) is 2.89. The number of hydrogen-bond acceptors (Lipinski definition) is 3. The van der Waals surface area contributed by atoms with Crippen LogP contribution in [-0.4, -0.2) is 36.5 Å². The largest absolute Gasteiger partial charge is 0.370 e. The summed E-state index contributed by atoms with van der Waals surface area (Å²) in [7, 11) is 1.99. The van der Waals surface area contributed by atoms with E-state index in [2.05, 4.69) is 25.7 Å². The molecule has 0 spiro atoms. The Morgan fingerprint density at radius 2 is 1.86 bits per heavy atom. The van der Waals surface area contributed by atoms with Gasteiger partial charge >= 0.3 is 0 Å². The molecule has 0 aromatic carbocycles. The third-order valence-corrected chi connectivity index (χ3v) is 2.89. The highest BCUT2D eigenvalue weighted by atomic mass is 16.1. The monoisotopic (exact) mass is 201 g/mol. The summed E-state index contributed by atoms with van der Waals surface area (Å²) >= 11 is 0. The molecule has 0 radical (unpaired) electrons. The quantitative estimate of drug-likeness (QED) is 0.643. The molecule has 4 N–H and O–H groups in total. The number of amides is 1. The number of nitrogens with two attached hydrogens (primary N) is 2. The lowest BCUT2D eigenvalue weighted by molar-refractivity contribution is -0.119. The van der Waals surface area contributed by atoms with E-state index in [1.165, 1.54) is 0 Å². The Labute approximate surface area is 86.6 Å². The third kappa shape index (κ3) is 4.07. The predicted molar refractivity (Wildman–Crippen MR) is 58.7 cm³/mol. The van der Waals surface area contributed by atoms with Crippen LogP contribution in [0.1, 0.15) is 27.2 Å². The lowest BCUT2D eigenvalue weighted by Gasteiger charge is -2.34. The Kier molecular flexibility index (Phi) is 5.72. The lowest BCUT2D eigenvalue weighted by atomic mass is 10.0. The van der Waals surface area contributed by atoms with Crippen molar-refractivity contribution in [2.75, 3.05) is 13.6 Å². The number of primary amides is 1. The Hall–Kier alpha value is -0.610. The fourth-order valence-corrected chi connectivity index (χ4v) is 1.43. The van der Waals surface area contributed by atoms with Crippen molar-refractivity contribution < 1.29 is 4.79 Å². The summed E-state index contributed by atoms with van der Waals surface area (Å²) in [5, 5.41) is 0. The van der Waals surface area contributed by atoms with Gasteiger partial charge in [-0.2, -0.15) is 0 Å². The Balaban J connectivity index is 4.29. The summed E-state index contributed by atoms with van der Waals surface area (Å²) in [5.41, 5.74) is 10.8. The topological polar surface area (TPSA) is 72.3 Å². The highest BCUT2D eigenvalue weighted by molar-refractivity contribution is 5.74. The zero-order chi connectivity index (χ0) is 11.3. The van der Waals surface area contributed by atoms with Crippen molar-refractivity contribution in [1.29, 1.82) is 0 Å². The van der Waals surface area contributed by atoms with E-state index in [0.717, 1.165) is 0 Å². The van der Waals surface area contributed by atoms with Gasteiger partial charge in [0.05, 0.1) is 0 Å². The van der Waals surface area contributed by atoms with Gasteiger partial charge in [0.15, 0.2) is 0 Å². The molecule has 1 amide bonds. The number of rotatable bonds is 6. The summed E-state index contributed by atoms with van der Waals surface area (Å²) in [4.78, 5) is 12.9. The summed E-state index contributed by atoms with van der Waals surface area (Å²) in [6.45, 7) is 6.91. The smallest absolute Gasteiger partial charge is 0.219 e. The first-order valence-corrected chi connectivity index (χ1v) is 5.10. The molecule has 0 fully saturated rings. The molecule has 0 aromatic rings. The van der Waals surface area contributed by atoms with Crippen LogP contribution in [0.25, 0.3) is 0 Å². The molecule has 0 bridgehead atoms. The molecule has 2 atom stereocenters. The maximum absolute atomic E-state index is 10.8. The van der Waals surface area contributed by atoms with Gasteiger partial charge in [-0.05, 0) is 19.9 Å². The highest BCUT2D eigenvalue weighted by Crippen LogP contribution is 2.12. The molecule has 0 saturated heterocycles. The van der Waals surface area contributed by atoms with Crippen LogP contribution < -0.4 is 11.5 Å². The Morgan fingerprint density at radius 3 is 2.14 bits per heavy atom. The second-order valence-corrected chi connectivity index (χ2v) is 4.21. The first-order chi connectivity index (χ1) is 6.40. The Morgan fingerprint density at radius 1 is 1.36 bits per heavy atom. The molecule has 84 valence electrons. The van der Waals surface area contributed by atoms with Gasteiger partial charge in [-0.15, -0.1) is 0 Å². The van der Waals surface area contributed by atoms with E-state index in [9.17, 15) is 4.79 Å². The normalized spacial score (nSPS) is 15.9. The van der Waals surface area contributed by atoms with Crippen molar-refractivity contribution in [3.63, 3.8) is 0 Å². The van der Waals surface area contributed by atoms with E-state index in [4.69, 9.17) is 11.5 Å². The highest BCUT2D eigenvalue weighted by Gasteiger charge is 2.21. The maximum atomic E-state index is 10.8. The van der Waals surface area contributed by atoms with Crippen molar-refractivity contribution in [3.8, 4) is 0 Å². The standard InChI is InChI=1S/C10H23N3O/c1-7(2)8(3)13(4)9(6-11)5-10(12)14/h7-9H,5-6,11H2,1-4H3,(H2,12,14). The first kappa shape index (κ1) is 13.4. The van der Waals surface area contributed by atoms with Crippen LogP contribution in [0.2, 0.25) is 0 Å². The van der Waals surface area contributed by atoms with Gasteiger partial charge in [0.1, 0.15) is 0 Å². The molecule has 0 heterocycles.